The Morgan fingerprint density at radius 2 is 1.69 bits per heavy atom. The second-order valence-electron chi connectivity index (χ2n) is 10.5. The van der Waals surface area contributed by atoms with E-state index >= 15 is 0 Å². The summed E-state index contributed by atoms with van der Waals surface area (Å²) in [4.78, 5) is 37.9. The molecular formula is C24H40O5. The normalized spacial score (nSPS) is 41.9. The highest BCUT2D eigenvalue weighted by Gasteiger charge is 2.53. The quantitative estimate of drug-likeness (QED) is 0.462. The van der Waals surface area contributed by atoms with Crippen LogP contribution in [0.15, 0.2) is 0 Å². The van der Waals surface area contributed by atoms with Crippen LogP contribution in [0.3, 0.4) is 0 Å². The first-order valence-corrected chi connectivity index (χ1v) is 11.2. The summed E-state index contributed by atoms with van der Waals surface area (Å²) < 4.78 is 11.4. The molecule has 2 aliphatic heterocycles. The monoisotopic (exact) mass is 408 g/mol. The second kappa shape index (κ2) is 8.87. The van der Waals surface area contributed by atoms with Crippen LogP contribution in [0.2, 0.25) is 0 Å². The summed E-state index contributed by atoms with van der Waals surface area (Å²) in [6, 6.07) is 0. The van der Waals surface area contributed by atoms with Crippen molar-refractivity contribution in [3.63, 3.8) is 0 Å². The number of cyclic esters (lactones) is 1. The molecule has 0 aromatic rings. The fraction of sp³-hybridized carbons (Fsp3) is 0.875. The van der Waals surface area contributed by atoms with Crippen molar-refractivity contribution in [2.75, 3.05) is 0 Å². The van der Waals surface area contributed by atoms with Crippen molar-refractivity contribution in [3.05, 3.63) is 0 Å². The molecule has 0 bridgehead atoms. The van der Waals surface area contributed by atoms with Gasteiger partial charge in [0.25, 0.3) is 0 Å². The molecular weight excluding hydrogens is 368 g/mol. The molecule has 0 aromatic heterocycles. The summed E-state index contributed by atoms with van der Waals surface area (Å²) in [5.41, 5.74) is -0.871. The molecule has 7 atom stereocenters. The molecule has 0 aromatic carbocycles. The lowest BCUT2D eigenvalue weighted by molar-refractivity contribution is -0.157. The van der Waals surface area contributed by atoms with Crippen LogP contribution in [0.1, 0.15) is 87.5 Å². The highest BCUT2D eigenvalue weighted by molar-refractivity contribution is 5.87. The summed E-state index contributed by atoms with van der Waals surface area (Å²) in [5.74, 6) is 0.0963. The second-order valence-corrected chi connectivity index (χ2v) is 10.5. The largest absolute Gasteiger partial charge is 0.454 e. The van der Waals surface area contributed by atoms with E-state index in [1.807, 2.05) is 27.7 Å². The number of esters is 1. The van der Waals surface area contributed by atoms with Crippen molar-refractivity contribution >= 4 is 17.5 Å². The fourth-order valence-electron chi connectivity index (χ4n) is 4.61. The Morgan fingerprint density at radius 3 is 2.28 bits per heavy atom. The maximum atomic E-state index is 13.3. The molecule has 5 nitrogen and oxygen atoms in total. The lowest BCUT2D eigenvalue weighted by Gasteiger charge is -2.36. The summed E-state index contributed by atoms with van der Waals surface area (Å²) in [5, 5.41) is 0. The number of rotatable bonds is 1. The molecule has 0 aliphatic carbocycles. The summed E-state index contributed by atoms with van der Waals surface area (Å²) in [7, 11) is 0. The van der Waals surface area contributed by atoms with Gasteiger partial charge in [0.15, 0.2) is 11.9 Å². The molecule has 0 unspecified atom stereocenters. The molecule has 0 N–H and O–H groups in total. The lowest BCUT2D eigenvalue weighted by atomic mass is 9.67. The summed E-state index contributed by atoms with van der Waals surface area (Å²) in [6.07, 6.45) is 2.71. The Labute approximate surface area is 176 Å². The minimum Gasteiger partial charge on any atom is -0.454 e. The van der Waals surface area contributed by atoms with E-state index in [9.17, 15) is 14.4 Å². The first-order chi connectivity index (χ1) is 13.3. The van der Waals surface area contributed by atoms with Gasteiger partial charge in [0.2, 0.25) is 0 Å². The predicted molar refractivity (Wildman–Crippen MR) is 112 cm³/mol. The number of Topliss-reactive ketones (excluding diaryl/α,β-unsaturated/α-hetero) is 2. The molecule has 2 saturated heterocycles. The van der Waals surface area contributed by atoms with Gasteiger partial charge in [-0.05, 0) is 38.0 Å². The number of carbonyl (C=O) groups is 3. The Bertz CT molecular complexity index is 639. The molecule has 29 heavy (non-hydrogen) atoms. The molecule has 0 amide bonds. The molecule has 2 heterocycles. The van der Waals surface area contributed by atoms with Crippen LogP contribution < -0.4 is 0 Å². The SMILES string of the molecule is CC(=O)[C@@H]1C[C@@H]2O[C@]2(C)CCC[C@H](C)[C@H](C)[C@@H](C)C(=O)C(C)(C)[C@@H](C)CC(=O)O1. The Morgan fingerprint density at radius 1 is 1.07 bits per heavy atom. The Kier molecular flexibility index (Phi) is 7.35. The highest BCUT2D eigenvalue weighted by atomic mass is 16.6. The Balaban J connectivity index is 2.24. The minimum atomic E-state index is -0.772. The highest BCUT2D eigenvalue weighted by Crippen LogP contribution is 2.45. The average Bonchev–Trinajstić information content (AvgIpc) is 3.27. The van der Waals surface area contributed by atoms with E-state index in [1.54, 1.807) is 0 Å². The van der Waals surface area contributed by atoms with Crippen molar-refractivity contribution in [1.82, 2.24) is 0 Å². The molecule has 166 valence electrons. The van der Waals surface area contributed by atoms with Gasteiger partial charge in [-0.3, -0.25) is 14.4 Å². The van der Waals surface area contributed by atoms with Crippen LogP contribution in [0, 0.1) is 29.1 Å². The molecule has 2 rings (SSSR count). The van der Waals surface area contributed by atoms with Crippen LogP contribution in [0.25, 0.3) is 0 Å². The van der Waals surface area contributed by atoms with Gasteiger partial charge in [-0.15, -0.1) is 0 Å². The first kappa shape index (κ1) is 24.0. The van der Waals surface area contributed by atoms with Gasteiger partial charge < -0.3 is 9.47 Å². The van der Waals surface area contributed by atoms with Crippen LogP contribution in [-0.2, 0) is 23.9 Å². The van der Waals surface area contributed by atoms with Gasteiger partial charge in [0.05, 0.1) is 11.7 Å². The summed E-state index contributed by atoms with van der Waals surface area (Å²) >= 11 is 0. The zero-order valence-corrected chi connectivity index (χ0v) is 19.5. The predicted octanol–water partition coefficient (Wildman–Crippen LogP) is 4.75. The zero-order valence-electron chi connectivity index (χ0n) is 19.5. The molecule has 2 aliphatic rings. The number of ketones is 2. The topological polar surface area (TPSA) is 73.0 Å². The van der Waals surface area contributed by atoms with Gasteiger partial charge in [-0.2, -0.15) is 0 Å². The van der Waals surface area contributed by atoms with Crippen molar-refractivity contribution < 1.29 is 23.9 Å². The van der Waals surface area contributed by atoms with E-state index in [-0.39, 0.29) is 47.4 Å². The van der Waals surface area contributed by atoms with Gasteiger partial charge in [0.1, 0.15) is 5.78 Å². The van der Waals surface area contributed by atoms with Crippen LogP contribution in [0.5, 0.6) is 0 Å². The first-order valence-electron chi connectivity index (χ1n) is 11.2. The van der Waals surface area contributed by atoms with Gasteiger partial charge in [-0.25, -0.2) is 0 Å². The molecule has 5 heteroatoms. The Hall–Kier alpha value is -1.23. The van der Waals surface area contributed by atoms with Gasteiger partial charge in [-0.1, -0.05) is 54.4 Å². The van der Waals surface area contributed by atoms with Crippen LogP contribution in [-0.4, -0.2) is 35.3 Å². The van der Waals surface area contributed by atoms with Crippen molar-refractivity contribution in [2.45, 2.75) is 105 Å². The number of epoxide rings is 1. The summed E-state index contributed by atoms with van der Waals surface area (Å²) in [6.45, 7) is 15.7. The third-order valence-electron chi connectivity index (χ3n) is 7.96. The number of fused-ring (bicyclic) bond motifs is 1. The van der Waals surface area contributed by atoms with E-state index in [2.05, 4.69) is 20.8 Å². The maximum Gasteiger partial charge on any atom is 0.306 e. The number of ether oxygens (including phenoxy) is 2. The lowest BCUT2D eigenvalue weighted by Crippen LogP contribution is -2.40. The molecule has 0 spiro atoms. The van der Waals surface area contributed by atoms with E-state index < -0.39 is 17.5 Å². The van der Waals surface area contributed by atoms with Crippen LogP contribution in [0.4, 0.5) is 0 Å². The average molecular weight is 409 g/mol. The van der Waals surface area contributed by atoms with Crippen molar-refractivity contribution in [3.8, 4) is 0 Å². The number of carbonyl (C=O) groups excluding carboxylic acids is 3. The molecule has 0 saturated carbocycles. The zero-order chi connectivity index (χ0) is 22.1. The van der Waals surface area contributed by atoms with Crippen LogP contribution >= 0.6 is 0 Å². The standard InChI is InChI=1S/C24H40O5/c1-14-10-9-11-24(8)20(29-24)13-19(18(5)25)28-21(26)12-15(2)23(6,7)22(27)17(4)16(14)3/h14-17,19-20H,9-13H2,1-8H3/t14-,15-,16-,17+,19-,20-,24+/m0/s1. The minimum absolute atomic E-state index is 0.0424. The fourth-order valence-corrected chi connectivity index (χ4v) is 4.61. The molecule has 2 fully saturated rings. The van der Waals surface area contributed by atoms with E-state index in [0.717, 1.165) is 19.3 Å². The molecule has 0 radical (unpaired) electrons. The van der Waals surface area contributed by atoms with Crippen molar-refractivity contribution in [1.29, 1.82) is 0 Å². The third kappa shape index (κ3) is 5.48. The third-order valence-corrected chi connectivity index (χ3v) is 7.96. The van der Waals surface area contributed by atoms with Crippen molar-refractivity contribution in [2.24, 2.45) is 29.1 Å². The van der Waals surface area contributed by atoms with E-state index in [0.29, 0.717) is 12.3 Å². The number of hydrogen-bond acceptors (Lipinski definition) is 5. The van der Waals surface area contributed by atoms with E-state index in [1.165, 1.54) is 6.92 Å². The maximum absolute atomic E-state index is 13.3. The van der Waals surface area contributed by atoms with E-state index in [4.69, 9.17) is 9.47 Å². The van der Waals surface area contributed by atoms with Gasteiger partial charge >= 0.3 is 5.97 Å². The number of hydrogen-bond donors (Lipinski definition) is 0. The smallest absolute Gasteiger partial charge is 0.306 e. The van der Waals surface area contributed by atoms with Gasteiger partial charge in [0, 0.05) is 24.2 Å².